The number of rotatable bonds is 5. The standard InChI is InChI=1S/C22H30N2O2/c1-2-26-20-8-7-17-5-3-4-6-19(17)21(20)22(18-9-15-25-16-10-18)24-13-11-23-12-14-24/h3-8,18,22-23H,2,9-16H2,1H3/t22-/m1/s1. The van der Waals surface area contributed by atoms with Crippen LogP contribution in [0.1, 0.15) is 31.4 Å². The first-order valence-electron chi connectivity index (χ1n) is 10.1. The maximum absolute atomic E-state index is 6.13. The van der Waals surface area contributed by atoms with Gasteiger partial charge in [0.2, 0.25) is 0 Å². The number of nitrogens with one attached hydrogen (secondary N) is 1. The molecule has 4 nitrogen and oxygen atoms in total. The fourth-order valence-corrected chi connectivity index (χ4v) is 4.57. The van der Waals surface area contributed by atoms with Gasteiger partial charge in [0.15, 0.2) is 0 Å². The average Bonchev–Trinajstić information content (AvgIpc) is 2.71. The Labute approximate surface area is 156 Å². The minimum Gasteiger partial charge on any atom is -0.494 e. The molecule has 1 atom stereocenters. The van der Waals surface area contributed by atoms with Crippen LogP contribution >= 0.6 is 0 Å². The minimum absolute atomic E-state index is 0.397. The quantitative estimate of drug-likeness (QED) is 0.889. The fourth-order valence-electron chi connectivity index (χ4n) is 4.57. The molecule has 2 saturated heterocycles. The molecular formula is C22H30N2O2. The van der Waals surface area contributed by atoms with Crippen molar-refractivity contribution in [3.63, 3.8) is 0 Å². The van der Waals surface area contributed by atoms with Gasteiger partial charge in [0.1, 0.15) is 5.75 Å². The molecule has 2 aliphatic heterocycles. The normalized spacial score (nSPS) is 21.0. The number of nitrogens with zero attached hydrogens (tertiary/aromatic N) is 1. The van der Waals surface area contributed by atoms with Gasteiger partial charge < -0.3 is 14.8 Å². The van der Waals surface area contributed by atoms with Crippen molar-refractivity contribution in [3.05, 3.63) is 42.0 Å². The van der Waals surface area contributed by atoms with E-state index in [9.17, 15) is 0 Å². The number of hydrogen-bond acceptors (Lipinski definition) is 4. The highest BCUT2D eigenvalue weighted by Gasteiger charge is 2.34. The van der Waals surface area contributed by atoms with E-state index in [2.05, 4.69) is 53.5 Å². The number of benzene rings is 2. The molecule has 2 fully saturated rings. The van der Waals surface area contributed by atoms with Gasteiger partial charge in [-0.3, -0.25) is 4.90 Å². The summed E-state index contributed by atoms with van der Waals surface area (Å²) in [6, 6.07) is 13.5. The van der Waals surface area contributed by atoms with E-state index in [-0.39, 0.29) is 0 Å². The van der Waals surface area contributed by atoms with Gasteiger partial charge >= 0.3 is 0 Å². The summed E-state index contributed by atoms with van der Waals surface area (Å²) in [6.45, 7) is 8.85. The number of fused-ring (bicyclic) bond motifs is 1. The highest BCUT2D eigenvalue weighted by Crippen LogP contribution is 2.43. The van der Waals surface area contributed by atoms with Gasteiger partial charge in [0, 0.05) is 51.0 Å². The zero-order valence-corrected chi connectivity index (χ0v) is 15.7. The molecule has 140 valence electrons. The lowest BCUT2D eigenvalue weighted by Gasteiger charge is -2.42. The number of piperazine rings is 1. The van der Waals surface area contributed by atoms with Crippen LogP contribution in [0.15, 0.2) is 36.4 Å². The van der Waals surface area contributed by atoms with Crippen molar-refractivity contribution in [2.45, 2.75) is 25.8 Å². The smallest absolute Gasteiger partial charge is 0.124 e. The highest BCUT2D eigenvalue weighted by atomic mass is 16.5. The van der Waals surface area contributed by atoms with Crippen molar-refractivity contribution in [2.75, 3.05) is 46.0 Å². The van der Waals surface area contributed by atoms with Gasteiger partial charge in [-0.25, -0.2) is 0 Å². The van der Waals surface area contributed by atoms with E-state index in [0.29, 0.717) is 18.6 Å². The van der Waals surface area contributed by atoms with Crippen LogP contribution in [-0.2, 0) is 4.74 Å². The van der Waals surface area contributed by atoms with Crippen molar-refractivity contribution >= 4 is 10.8 Å². The maximum atomic E-state index is 6.13. The summed E-state index contributed by atoms with van der Waals surface area (Å²) in [5.74, 6) is 1.67. The molecule has 2 aliphatic rings. The molecule has 0 spiro atoms. The SMILES string of the molecule is CCOc1ccc2ccccc2c1[C@@H](C1CCOCC1)N1CCNCC1. The summed E-state index contributed by atoms with van der Waals surface area (Å²) in [5, 5.41) is 6.15. The van der Waals surface area contributed by atoms with E-state index in [1.165, 1.54) is 16.3 Å². The third-order valence-electron chi connectivity index (χ3n) is 5.78. The minimum atomic E-state index is 0.397. The van der Waals surface area contributed by atoms with Gasteiger partial charge in [-0.15, -0.1) is 0 Å². The van der Waals surface area contributed by atoms with Gasteiger partial charge in [-0.05, 0) is 42.5 Å². The summed E-state index contributed by atoms with van der Waals surface area (Å²) >= 11 is 0. The van der Waals surface area contributed by atoms with Crippen LogP contribution in [-0.4, -0.2) is 50.9 Å². The van der Waals surface area contributed by atoms with E-state index in [1.807, 2.05) is 0 Å². The third kappa shape index (κ3) is 3.59. The second-order valence-corrected chi connectivity index (χ2v) is 7.31. The Morgan fingerprint density at radius 1 is 1.12 bits per heavy atom. The Morgan fingerprint density at radius 3 is 2.65 bits per heavy atom. The highest BCUT2D eigenvalue weighted by molar-refractivity contribution is 5.88. The second-order valence-electron chi connectivity index (χ2n) is 7.31. The van der Waals surface area contributed by atoms with Crippen molar-refractivity contribution in [1.29, 1.82) is 0 Å². The van der Waals surface area contributed by atoms with Gasteiger partial charge in [-0.1, -0.05) is 30.3 Å². The van der Waals surface area contributed by atoms with Crippen molar-refractivity contribution in [2.24, 2.45) is 5.92 Å². The lowest BCUT2D eigenvalue weighted by Crippen LogP contribution is -2.47. The van der Waals surface area contributed by atoms with E-state index >= 15 is 0 Å². The molecular weight excluding hydrogens is 324 g/mol. The molecule has 0 aliphatic carbocycles. The van der Waals surface area contributed by atoms with E-state index in [4.69, 9.17) is 9.47 Å². The first kappa shape index (κ1) is 17.8. The fraction of sp³-hybridized carbons (Fsp3) is 0.545. The zero-order valence-electron chi connectivity index (χ0n) is 15.7. The van der Waals surface area contributed by atoms with Crippen LogP contribution in [0.25, 0.3) is 10.8 Å². The summed E-state index contributed by atoms with van der Waals surface area (Å²) < 4.78 is 11.8. The van der Waals surface area contributed by atoms with Gasteiger partial charge in [0.25, 0.3) is 0 Å². The maximum Gasteiger partial charge on any atom is 0.124 e. The molecule has 4 rings (SSSR count). The van der Waals surface area contributed by atoms with E-state index < -0.39 is 0 Å². The molecule has 0 bridgehead atoms. The third-order valence-corrected chi connectivity index (χ3v) is 5.78. The molecule has 0 amide bonds. The predicted molar refractivity (Wildman–Crippen MR) is 106 cm³/mol. The molecule has 0 saturated carbocycles. The van der Waals surface area contributed by atoms with Crippen LogP contribution < -0.4 is 10.1 Å². The van der Waals surface area contributed by atoms with Crippen LogP contribution in [0.5, 0.6) is 5.75 Å². The first-order chi connectivity index (χ1) is 12.9. The molecule has 0 aromatic heterocycles. The number of ether oxygens (including phenoxy) is 2. The summed E-state index contributed by atoms with van der Waals surface area (Å²) in [5.41, 5.74) is 1.39. The van der Waals surface area contributed by atoms with Crippen molar-refractivity contribution < 1.29 is 9.47 Å². The topological polar surface area (TPSA) is 33.7 Å². The van der Waals surface area contributed by atoms with Gasteiger partial charge in [0.05, 0.1) is 6.61 Å². The van der Waals surface area contributed by atoms with Gasteiger partial charge in [-0.2, -0.15) is 0 Å². The average molecular weight is 354 g/mol. The summed E-state index contributed by atoms with van der Waals surface area (Å²) in [4.78, 5) is 2.68. The van der Waals surface area contributed by atoms with Crippen molar-refractivity contribution in [3.8, 4) is 5.75 Å². The van der Waals surface area contributed by atoms with Crippen LogP contribution in [0.3, 0.4) is 0 Å². The Hall–Kier alpha value is -1.62. The first-order valence-corrected chi connectivity index (χ1v) is 10.1. The largest absolute Gasteiger partial charge is 0.494 e. The summed E-state index contributed by atoms with van der Waals surface area (Å²) in [6.07, 6.45) is 2.26. The molecule has 2 heterocycles. The molecule has 2 aromatic carbocycles. The lowest BCUT2D eigenvalue weighted by atomic mass is 9.83. The Bertz CT molecular complexity index is 703. The molecule has 4 heteroatoms. The predicted octanol–water partition coefficient (Wildman–Crippen LogP) is 3.61. The van der Waals surface area contributed by atoms with Crippen LogP contribution in [0.4, 0.5) is 0 Å². The molecule has 0 radical (unpaired) electrons. The van der Waals surface area contributed by atoms with Crippen LogP contribution in [0.2, 0.25) is 0 Å². The number of hydrogen-bond donors (Lipinski definition) is 1. The Morgan fingerprint density at radius 2 is 1.88 bits per heavy atom. The molecule has 0 unspecified atom stereocenters. The Balaban J connectivity index is 1.83. The zero-order chi connectivity index (χ0) is 17.8. The van der Waals surface area contributed by atoms with Crippen molar-refractivity contribution in [1.82, 2.24) is 10.2 Å². The van der Waals surface area contributed by atoms with Crippen LogP contribution in [0, 0.1) is 5.92 Å². The molecule has 1 N–H and O–H groups in total. The summed E-state index contributed by atoms with van der Waals surface area (Å²) in [7, 11) is 0. The molecule has 2 aromatic rings. The second kappa shape index (κ2) is 8.38. The van der Waals surface area contributed by atoms with E-state index in [0.717, 1.165) is 58.0 Å². The Kier molecular flexibility index (Phi) is 5.73. The van der Waals surface area contributed by atoms with E-state index in [1.54, 1.807) is 0 Å². The monoisotopic (exact) mass is 354 g/mol. The molecule has 26 heavy (non-hydrogen) atoms. The lowest BCUT2D eigenvalue weighted by molar-refractivity contribution is 0.0209.